The Hall–Kier alpha value is -1.40. The Kier molecular flexibility index (Phi) is 6.52. The average molecular weight is 303 g/mol. The van der Waals surface area contributed by atoms with Gasteiger partial charge in [0.2, 0.25) is 0 Å². The minimum absolute atomic E-state index is 0.396. The fraction of sp³-hybridized carbons (Fsp3) is 0.333. The van der Waals surface area contributed by atoms with Gasteiger partial charge >= 0.3 is 12.0 Å². The monoisotopic (exact) mass is 302 g/mol. The summed E-state index contributed by atoms with van der Waals surface area (Å²) in [4.78, 5) is 23.9. The van der Waals surface area contributed by atoms with Crippen molar-refractivity contribution >= 4 is 41.1 Å². The molecule has 0 spiro atoms. The van der Waals surface area contributed by atoms with Crippen molar-refractivity contribution in [3.8, 4) is 0 Å². The molecule has 0 bridgehead atoms. The molecule has 0 fully saturated rings. The Labute approximate surface area is 120 Å². The van der Waals surface area contributed by atoms with Gasteiger partial charge in [-0.15, -0.1) is 0 Å². The lowest BCUT2D eigenvalue weighted by atomic mass is 10.3. The first-order valence-corrected chi connectivity index (χ1v) is 7.33. The first-order valence-electron chi connectivity index (χ1n) is 5.56. The third-order valence-corrected chi connectivity index (χ3v) is 3.12. The molecule has 0 atom stereocenters. The summed E-state index contributed by atoms with van der Waals surface area (Å²) >= 11 is 7.37. The fourth-order valence-electron chi connectivity index (χ4n) is 1.39. The van der Waals surface area contributed by atoms with Crippen molar-refractivity contribution in [2.24, 2.45) is 0 Å². The van der Waals surface area contributed by atoms with E-state index in [1.165, 1.54) is 4.90 Å². The van der Waals surface area contributed by atoms with Crippen LogP contribution in [-0.4, -0.2) is 42.2 Å². The van der Waals surface area contributed by atoms with Crippen LogP contribution < -0.4 is 10.2 Å². The molecular formula is C12H15ClN2O3S. The summed E-state index contributed by atoms with van der Waals surface area (Å²) in [5, 5.41) is 12.1. The standard InChI is InChI=1S/C12H15ClN2O3S/c1-19-7-6-14-12(18)15(8-11(16)17)10-4-2-9(13)3-5-10/h2-5H,6-8H2,1H3,(H,14,18)(H,16,17). The number of rotatable bonds is 6. The number of carbonyl (C=O) groups is 2. The molecule has 104 valence electrons. The van der Waals surface area contributed by atoms with E-state index in [-0.39, 0.29) is 0 Å². The number of amides is 2. The second kappa shape index (κ2) is 7.91. The van der Waals surface area contributed by atoms with Crippen LogP contribution in [0.3, 0.4) is 0 Å². The summed E-state index contributed by atoms with van der Waals surface area (Å²) in [7, 11) is 0. The number of carboxylic acids is 1. The largest absolute Gasteiger partial charge is 0.480 e. The summed E-state index contributed by atoms with van der Waals surface area (Å²) in [5.74, 6) is -0.303. The van der Waals surface area contributed by atoms with Gasteiger partial charge in [-0.1, -0.05) is 11.6 Å². The molecule has 0 heterocycles. The highest BCUT2D eigenvalue weighted by molar-refractivity contribution is 7.98. The van der Waals surface area contributed by atoms with Crippen LogP contribution in [0.25, 0.3) is 0 Å². The highest BCUT2D eigenvalue weighted by atomic mass is 35.5. The van der Waals surface area contributed by atoms with Gasteiger partial charge in [-0.05, 0) is 30.5 Å². The highest BCUT2D eigenvalue weighted by Gasteiger charge is 2.18. The van der Waals surface area contributed by atoms with Gasteiger partial charge in [0.25, 0.3) is 0 Å². The van der Waals surface area contributed by atoms with Gasteiger partial charge in [-0.2, -0.15) is 11.8 Å². The highest BCUT2D eigenvalue weighted by Crippen LogP contribution is 2.18. The molecule has 0 saturated carbocycles. The van der Waals surface area contributed by atoms with Crippen LogP contribution in [0.15, 0.2) is 24.3 Å². The SMILES string of the molecule is CSCCNC(=O)N(CC(=O)O)c1ccc(Cl)cc1. The van der Waals surface area contributed by atoms with Crippen molar-refractivity contribution in [2.45, 2.75) is 0 Å². The van der Waals surface area contributed by atoms with Crippen LogP contribution in [0.5, 0.6) is 0 Å². The minimum Gasteiger partial charge on any atom is -0.480 e. The molecule has 0 unspecified atom stereocenters. The lowest BCUT2D eigenvalue weighted by Crippen LogP contribution is -2.43. The van der Waals surface area contributed by atoms with Crippen molar-refractivity contribution in [3.63, 3.8) is 0 Å². The third-order valence-electron chi connectivity index (χ3n) is 2.26. The number of thioether (sulfide) groups is 1. The number of anilines is 1. The number of carbonyl (C=O) groups excluding carboxylic acids is 1. The summed E-state index contributed by atoms with van der Waals surface area (Å²) in [5.41, 5.74) is 0.494. The molecule has 19 heavy (non-hydrogen) atoms. The fourth-order valence-corrected chi connectivity index (χ4v) is 1.82. The van der Waals surface area contributed by atoms with Crippen molar-refractivity contribution in [1.82, 2.24) is 5.32 Å². The van der Waals surface area contributed by atoms with Crippen LogP contribution in [-0.2, 0) is 4.79 Å². The molecule has 5 nitrogen and oxygen atoms in total. The van der Waals surface area contributed by atoms with Gasteiger partial charge in [0.1, 0.15) is 6.54 Å². The Morgan fingerprint density at radius 3 is 2.53 bits per heavy atom. The number of carboxylic acid groups (broad SMARTS) is 1. The van der Waals surface area contributed by atoms with E-state index >= 15 is 0 Å². The zero-order valence-corrected chi connectivity index (χ0v) is 12.0. The number of nitrogens with one attached hydrogen (secondary N) is 1. The molecule has 1 aromatic rings. The molecule has 7 heteroatoms. The van der Waals surface area contributed by atoms with Gasteiger partial charge < -0.3 is 10.4 Å². The van der Waals surface area contributed by atoms with Gasteiger partial charge in [-0.25, -0.2) is 4.79 Å². The van der Waals surface area contributed by atoms with Crippen molar-refractivity contribution in [3.05, 3.63) is 29.3 Å². The van der Waals surface area contributed by atoms with Crippen LogP contribution >= 0.6 is 23.4 Å². The van der Waals surface area contributed by atoms with Crippen LogP contribution in [0.4, 0.5) is 10.5 Å². The number of aliphatic carboxylic acids is 1. The Morgan fingerprint density at radius 1 is 1.37 bits per heavy atom. The van der Waals surface area contributed by atoms with Crippen LogP contribution in [0.1, 0.15) is 0 Å². The molecule has 2 amide bonds. The molecule has 0 saturated heterocycles. The zero-order valence-electron chi connectivity index (χ0n) is 10.4. The molecule has 2 N–H and O–H groups in total. The smallest absolute Gasteiger partial charge is 0.323 e. The number of benzene rings is 1. The molecule has 0 aliphatic carbocycles. The van der Waals surface area contributed by atoms with E-state index in [0.29, 0.717) is 17.3 Å². The number of urea groups is 1. The molecule has 1 rings (SSSR count). The number of nitrogens with zero attached hydrogens (tertiary/aromatic N) is 1. The van der Waals surface area contributed by atoms with E-state index in [2.05, 4.69) is 5.32 Å². The van der Waals surface area contributed by atoms with Gasteiger partial charge in [0.15, 0.2) is 0 Å². The zero-order chi connectivity index (χ0) is 14.3. The van der Waals surface area contributed by atoms with Crippen molar-refractivity contribution in [1.29, 1.82) is 0 Å². The summed E-state index contributed by atoms with van der Waals surface area (Å²) < 4.78 is 0. The van der Waals surface area contributed by atoms with E-state index in [9.17, 15) is 9.59 Å². The quantitative estimate of drug-likeness (QED) is 0.791. The van der Waals surface area contributed by atoms with E-state index in [0.717, 1.165) is 5.75 Å². The molecule has 1 aromatic carbocycles. The summed E-state index contributed by atoms with van der Waals surface area (Å²) in [6.07, 6.45) is 1.93. The second-order valence-corrected chi connectivity index (χ2v) is 5.10. The minimum atomic E-state index is -1.07. The maximum atomic E-state index is 11.9. The maximum Gasteiger partial charge on any atom is 0.323 e. The van der Waals surface area contributed by atoms with Crippen molar-refractivity contribution in [2.75, 3.05) is 30.0 Å². The molecule has 0 aliphatic heterocycles. The second-order valence-electron chi connectivity index (χ2n) is 3.68. The number of halogens is 1. The van der Waals surface area contributed by atoms with E-state index in [1.807, 2.05) is 6.26 Å². The van der Waals surface area contributed by atoms with Gasteiger partial charge in [0.05, 0.1) is 0 Å². The normalized spacial score (nSPS) is 10.0. The molecule has 0 aromatic heterocycles. The topological polar surface area (TPSA) is 69.6 Å². The Balaban J connectivity index is 2.79. The Morgan fingerprint density at radius 2 is 2.00 bits per heavy atom. The van der Waals surface area contributed by atoms with Crippen LogP contribution in [0.2, 0.25) is 5.02 Å². The maximum absolute atomic E-state index is 11.9. The lowest BCUT2D eigenvalue weighted by Gasteiger charge is -2.21. The predicted molar refractivity (Wildman–Crippen MR) is 78.2 cm³/mol. The lowest BCUT2D eigenvalue weighted by molar-refractivity contribution is -0.135. The van der Waals surface area contributed by atoms with Gasteiger partial charge in [0, 0.05) is 23.0 Å². The number of hydrogen-bond donors (Lipinski definition) is 2. The van der Waals surface area contributed by atoms with E-state index < -0.39 is 18.5 Å². The predicted octanol–water partition coefficient (Wildman–Crippen LogP) is 2.30. The summed E-state index contributed by atoms with van der Waals surface area (Å²) in [6.45, 7) is 0.0937. The Bertz CT molecular complexity index is 439. The van der Waals surface area contributed by atoms with Crippen LogP contribution in [0, 0.1) is 0 Å². The summed E-state index contributed by atoms with van der Waals surface area (Å²) in [6, 6.07) is 6.01. The average Bonchev–Trinajstić information content (AvgIpc) is 2.37. The van der Waals surface area contributed by atoms with E-state index in [4.69, 9.17) is 16.7 Å². The third kappa shape index (κ3) is 5.40. The molecule has 0 radical (unpaired) electrons. The van der Waals surface area contributed by atoms with Crippen molar-refractivity contribution < 1.29 is 14.7 Å². The van der Waals surface area contributed by atoms with E-state index in [1.54, 1.807) is 36.0 Å². The van der Waals surface area contributed by atoms with Gasteiger partial charge in [-0.3, -0.25) is 9.69 Å². The molecule has 0 aliphatic rings. The molecular weight excluding hydrogens is 288 g/mol. The number of hydrogen-bond acceptors (Lipinski definition) is 3. The first-order chi connectivity index (χ1) is 9.04. The first kappa shape index (κ1) is 15.7.